The lowest BCUT2D eigenvalue weighted by Crippen LogP contribution is -2.08. The zero-order chi connectivity index (χ0) is 13.1. The minimum atomic E-state index is 0.505. The molecule has 19 heavy (non-hydrogen) atoms. The van der Waals surface area contributed by atoms with E-state index in [1.165, 1.54) is 34.8 Å². The lowest BCUT2D eigenvalue weighted by atomic mass is 9.88. The Kier molecular flexibility index (Phi) is 4.25. The molecule has 2 aromatic heterocycles. The smallest absolute Gasteiger partial charge is 0.124 e. The van der Waals surface area contributed by atoms with E-state index in [1.807, 2.05) is 29.7 Å². The monoisotopic (exact) mass is 293 g/mol. The molecule has 0 aliphatic heterocycles. The van der Waals surface area contributed by atoms with Crippen LogP contribution in [0.15, 0.2) is 11.4 Å². The standard InChI is InChI=1S/C14H19N3S2/c1-15-8-3-6-13-16-17-14(19-13)11-4-2-5-12-10(11)7-9-18-12/h7,9,11,15H,2-6,8H2,1H3. The molecular weight excluding hydrogens is 274 g/mol. The highest BCUT2D eigenvalue weighted by atomic mass is 32.1. The maximum Gasteiger partial charge on any atom is 0.124 e. The van der Waals surface area contributed by atoms with Gasteiger partial charge >= 0.3 is 0 Å². The van der Waals surface area contributed by atoms with Gasteiger partial charge in [-0.1, -0.05) is 0 Å². The Labute approximate surface area is 122 Å². The number of thiophene rings is 1. The van der Waals surface area contributed by atoms with E-state index in [-0.39, 0.29) is 0 Å². The van der Waals surface area contributed by atoms with Crippen molar-refractivity contribution in [3.63, 3.8) is 0 Å². The first-order valence-electron chi connectivity index (χ1n) is 6.91. The fraction of sp³-hybridized carbons (Fsp3) is 0.571. The fourth-order valence-electron chi connectivity index (χ4n) is 2.67. The van der Waals surface area contributed by atoms with Gasteiger partial charge in [0.05, 0.1) is 0 Å². The lowest BCUT2D eigenvalue weighted by Gasteiger charge is -2.19. The molecule has 1 unspecified atom stereocenters. The highest BCUT2D eigenvalue weighted by Crippen LogP contribution is 2.40. The van der Waals surface area contributed by atoms with Gasteiger partial charge in [-0.05, 0) is 56.3 Å². The third-order valence-corrected chi connectivity index (χ3v) is 5.74. The van der Waals surface area contributed by atoms with E-state index in [1.54, 1.807) is 4.88 Å². The van der Waals surface area contributed by atoms with Crippen molar-refractivity contribution in [3.05, 3.63) is 31.9 Å². The number of rotatable bonds is 5. The summed E-state index contributed by atoms with van der Waals surface area (Å²) in [6.07, 6.45) is 5.94. The summed E-state index contributed by atoms with van der Waals surface area (Å²) in [5, 5.41) is 16.6. The van der Waals surface area contributed by atoms with Crippen molar-refractivity contribution in [2.75, 3.05) is 13.6 Å². The van der Waals surface area contributed by atoms with Gasteiger partial charge in [-0.3, -0.25) is 0 Å². The van der Waals surface area contributed by atoms with Crippen LogP contribution in [0.5, 0.6) is 0 Å². The second-order valence-corrected chi connectivity index (χ2v) is 7.08. The van der Waals surface area contributed by atoms with Gasteiger partial charge in [-0.15, -0.1) is 32.9 Å². The third kappa shape index (κ3) is 2.88. The first-order chi connectivity index (χ1) is 9.38. The number of nitrogens with one attached hydrogen (secondary N) is 1. The van der Waals surface area contributed by atoms with E-state index in [4.69, 9.17) is 0 Å². The number of aryl methyl sites for hydroxylation is 2. The summed E-state index contributed by atoms with van der Waals surface area (Å²) < 4.78 is 0. The molecule has 0 saturated heterocycles. The molecule has 0 fully saturated rings. The topological polar surface area (TPSA) is 37.8 Å². The van der Waals surface area contributed by atoms with E-state index in [9.17, 15) is 0 Å². The van der Waals surface area contributed by atoms with Crippen LogP contribution in [0.2, 0.25) is 0 Å². The van der Waals surface area contributed by atoms with Gasteiger partial charge in [-0.25, -0.2) is 0 Å². The van der Waals surface area contributed by atoms with Crippen molar-refractivity contribution in [2.24, 2.45) is 0 Å². The van der Waals surface area contributed by atoms with Crippen LogP contribution in [0.3, 0.4) is 0 Å². The number of hydrogen-bond acceptors (Lipinski definition) is 5. The van der Waals surface area contributed by atoms with Gasteiger partial charge in [0.1, 0.15) is 10.0 Å². The molecule has 0 aromatic carbocycles. The summed E-state index contributed by atoms with van der Waals surface area (Å²) in [5.74, 6) is 0.505. The van der Waals surface area contributed by atoms with Gasteiger partial charge in [-0.2, -0.15) is 0 Å². The molecule has 0 spiro atoms. The van der Waals surface area contributed by atoms with Crippen molar-refractivity contribution in [1.82, 2.24) is 15.5 Å². The summed E-state index contributed by atoms with van der Waals surface area (Å²) in [6, 6.07) is 2.28. The molecule has 0 radical (unpaired) electrons. The largest absolute Gasteiger partial charge is 0.320 e. The Balaban J connectivity index is 1.73. The average Bonchev–Trinajstić information content (AvgIpc) is 3.07. The lowest BCUT2D eigenvalue weighted by molar-refractivity contribution is 0.617. The van der Waals surface area contributed by atoms with E-state index >= 15 is 0 Å². The molecule has 2 aromatic rings. The van der Waals surface area contributed by atoms with Crippen LogP contribution in [-0.2, 0) is 12.8 Å². The quantitative estimate of drug-likeness (QED) is 0.860. The molecule has 5 heteroatoms. The van der Waals surface area contributed by atoms with Crippen LogP contribution in [-0.4, -0.2) is 23.8 Å². The van der Waals surface area contributed by atoms with E-state index < -0.39 is 0 Å². The van der Waals surface area contributed by atoms with Gasteiger partial charge in [0.15, 0.2) is 0 Å². The van der Waals surface area contributed by atoms with Crippen molar-refractivity contribution in [1.29, 1.82) is 0 Å². The Morgan fingerprint density at radius 1 is 1.42 bits per heavy atom. The third-order valence-electron chi connectivity index (χ3n) is 3.65. The Morgan fingerprint density at radius 2 is 2.37 bits per heavy atom. The minimum Gasteiger partial charge on any atom is -0.320 e. The number of aromatic nitrogens is 2. The van der Waals surface area contributed by atoms with Crippen molar-refractivity contribution < 1.29 is 0 Å². The molecule has 3 rings (SSSR count). The van der Waals surface area contributed by atoms with Crippen LogP contribution in [0, 0.1) is 0 Å². The van der Waals surface area contributed by atoms with Gasteiger partial charge in [0.2, 0.25) is 0 Å². The molecule has 0 amide bonds. The number of nitrogens with zero attached hydrogens (tertiary/aromatic N) is 2. The molecule has 1 aliphatic rings. The van der Waals surface area contributed by atoms with Crippen molar-refractivity contribution >= 4 is 22.7 Å². The Hall–Kier alpha value is -0.780. The predicted octanol–water partition coefficient (Wildman–Crippen LogP) is 3.22. The molecule has 0 bridgehead atoms. The van der Waals surface area contributed by atoms with E-state index in [0.717, 1.165) is 19.4 Å². The summed E-state index contributed by atoms with van der Waals surface area (Å²) >= 11 is 3.71. The number of fused-ring (bicyclic) bond motifs is 1. The molecule has 1 atom stereocenters. The second-order valence-electron chi connectivity index (χ2n) is 4.99. The maximum absolute atomic E-state index is 4.45. The van der Waals surface area contributed by atoms with Crippen molar-refractivity contribution in [2.45, 2.75) is 38.0 Å². The summed E-state index contributed by atoms with van der Waals surface area (Å²) in [6.45, 7) is 1.05. The molecule has 2 heterocycles. The first kappa shape index (κ1) is 13.2. The number of hydrogen-bond donors (Lipinski definition) is 1. The molecule has 102 valence electrons. The van der Waals surface area contributed by atoms with Gasteiger partial charge in [0, 0.05) is 17.2 Å². The Bertz CT molecular complexity index is 532. The summed E-state index contributed by atoms with van der Waals surface area (Å²) in [7, 11) is 1.99. The summed E-state index contributed by atoms with van der Waals surface area (Å²) in [5.41, 5.74) is 1.51. The molecule has 1 aliphatic carbocycles. The second kappa shape index (κ2) is 6.11. The van der Waals surface area contributed by atoms with Crippen molar-refractivity contribution in [3.8, 4) is 0 Å². The molecule has 0 saturated carbocycles. The SMILES string of the molecule is CNCCCc1nnc(C2CCCc3sccc32)s1. The summed E-state index contributed by atoms with van der Waals surface area (Å²) in [4.78, 5) is 1.56. The zero-order valence-corrected chi connectivity index (χ0v) is 12.8. The van der Waals surface area contributed by atoms with Crippen LogP contribution in [0.1, 0.15) is 45.6 Å². The zero-order valence-electron chi connectivity index (χ0n) is 11.2. The highest BCUT2D eigenvalue weighted by Gasteiger charge is 2.25. The average molecular weight is 293 g/mol. The van der Waals surface area contributed by atoms with Crippen LogP contribution >= 0.6 is 22.7 Å². The maximum atomic E-state index is 4.45. The van der Waals surface area contributed by atoms with Gasteiger partial charge < -0.3 is 5.32 Å². The molecule has 1 N–H and O–H groups in total. The van der Waals surface area contributed by atoms with E-state index in [0.29, 0.717) is 5.92 Å². The Morgan fingerprint density at radius 3 is 3.26 bits per heavy atom. The van der Waals surface area contributed by atoms with Crippen LogP contribution in [0.25, 0.3) is 0 Å². The first-order valence-corrected chi connectivity index (χ1v) is 8.61. The molecular formula is C14H19N3S2. The van der Waals surface area contributed by atoms with Crippen LogP contribution < -0.4 is 5.32 Å². The van der Waals surface area contributed by atoms with Crippen LogP contribution in [0.4, 0.5) is 0 Å². The van der Waals surface area contributed by atoms with Gasteiger partial charge in [0.25, 0.3) is 0 Å². The molecule has 3 nitrogen and oxygen atoms in total. The fourth-order valence-corrected chi connectivity index (χ4v) is 4.69. The minimum absolute atomic E-state index is 0.505. The van der Waals surface area contributed by atoms with E-state index in [2.05, 4.69) is 27.0 Å². The predicted molar refractivity (Wildman–Crippen MR) is 81.3 cm³/mol. The highest BCUT2D eigenvalue weighted by molar-refractivity contribution is 7.11. The normalized spacial score (nSPS) is 18.5.